The van der Waals surface area contributed by atoms with Gasteiger partial charge in [0.2, 0.25) is 0 Å². The van der Waals surface area contributed by atoms with Crippen molar-refractivity contribution in [3.8, 4) is 0 Å². The summed E-state index contributed by atoms with van der Waals surface area (Å²) in [6.07, 6.45) is 0.855. The molecule has 2 N–H and O–H groups in total. The first-order chi connectivity index (χ1) is 12.9. The van der Waals surface area contributed by atoms with E-state index in [0.29, 0.717) is 31.2 Å². The molecule has 0 aliphatic carbocycles. The van der Waals surface area contributed by atoms with Gasteiger partial charge in [-0.25, -0.2) is 9.38 Å². The Hall–Kier alpha value is -2.48. The molecule has 0 aliphatic rings. The molecule has 1 heterocycles. The number of hydrogen-bond donors (Lipinski definition) is 2. The van der Waals surface area contributed by atoms with E-state index in [1.807, 2.05) is 31.5 Å². The fraction of sp³-hybridized carbons (Fsp3) is 0.526. The molecule has 1 atom stereocenters. The largest absolute Gasteiger partial charge is 0.385 e. The zero-order valence-corrected chi connectivity index (χ0v) is 16.7. The van der Waals surface area contributed by atoms with Crippen molar-refractivity contribution >= 4 is 5.96 Å². The molecule has 1 aromatic heterocycles. The van der Waals surface area contributed by atoms with Crippen molar-refractivity contribution in [2.24, 2.45) is 12.0 Å². The highest BCUT2D eigenvalue weighted by atomic mass is 19.1. The van der Waals surface area contributed by atoms with Crippen LogP contribution in [0.25, 0.3) is 0 Å². The van der Waals surface area contributed by atoms with E-state index >= 15 is 0 Å². The van der Waals surface area contributed by atoms with Gasteiger partial charge >= 0.3 is 0 Å². The lowest BCUT2D eigenvalue weighted by atomic mass is 10.1. The Balaban J connectivity index is 2.09. The summed E-state index contributed by atoms with van der Waals surface area (Å²) >= 11 is 0. The maximum absolute atomic E-state index is 13.9. The molecule has 0 saturated carbocycles. The van der Waals surface area contributed by atoms with Crippen LogP contribution in [0.2, 0.25) is 0 Å². The van der Waals surface area contributed by atoms with Gasteiger partial charge in [-0.15, -0.1) is 10.2 Å². The first kappa shape index (κ1) is 20.8. The molecule has 0 amide bonds. The Kier molecular flexibility index (Phi) is 7.72. The van der Waals surface area contributed by atoms with Crippen molar-refractivity contribution in [1.82, 2.24) is 25.4 Å². The van der Waals surface area contributed by atoms with Crippen LogP contribution in [0, 0.1) is 19.7 Å². The summed E-state index contributed by atoms with van der Waals surface area (Å²) in [5.41, 5.74) is 1.49. The Labute approximate surface area is 160 Å². The van der Waals surface area contributed by atoms with Gasteiger partial charge in [0, 0.05) is 27.3 Å². The molecule has 7 nitrogen and oxygen atoms in total. The van der Waals surface area contributed by atoms with Gasteiger partial charge in [-0.2, -0.15) is 0 Å². The first-order valence-electron chi connectivity index (χ1n) is 9.07. The number of methoxy groups -OCH3 is 1. The van der Waals surface area contributed by atoms with Crippen molar-refractivity contribution in [3.63, 3.8) is 0 Å². The average molecular weight is 376 g/mol. The lowest BCUT2D eigenvalue weighted by Gasteiger charge is -2.19. The van der Waals surface area contributed by atoms with E-state index in [0.717, 1.165) is 23.6 Å². The summed E-state index contributed by atoms with van der Waals surface area (Å²) in [7, 11) is 3.59. The number of aliphatic imine (C=N–C) groups is 1. The molecule has 0 fully saturated rings. The molecule has 148 valence electrons. The normalized spacial score (nSPS) is 12.9. The van der Waals surface area contributed by atoms with E-state index in [4.69, 9.17) is 4.74 Å². The van der Waals surface area contributed by atoms with E-state index in [-0.39, 0.29) is 11.9 Å². The van der Waals surface area contributed by atoms with Gasteiger partial charge in [0.15, 0.2) is 11.8 Å². The van der Waals surface area contributed by atoms with Gasteiger partial charge in [-0.1, -0.05) is 12.1 Å². The van der Waals surface area contributed by atoms with Crippen molar-refractivity contribution in [1.29, 1.82) is 0 Å². The summed E-state index contributed by atoms with van der Waals surface area (Å²) in [6.45, 7) is 7.41. The van der Waals surface area contributed by atoms with Gasteiger partial charge in [-0.3, -0.25) is 0 Å². The van der Waals surface area contributed by atoms with Gasteiger partial charge in [0.05, 0.1) is 6.04 Å². The molecule has 2 rings (SSSR count). The van der Waals surface area contributed by atoms with E-state index in [1.54, 1.807) is 26.2 Å². The van der Waals surface area contributed by atoms with Crippen LogP contribution < -0.4 is 10.6 Å². The first-order valence-corrected chi connectivity index (χ1v) is 9.07. The van der Waals surface area contributed by atoms with E-state index < -0.39 is 0 Å². The molecule has 27 heavy (non-hydrogen) atoms. The molecule has 0 bridgehead atoms. The zero-order valence-electron chi connectivity index (χ0n) is 16.7. The number of benzene rings is 1. The Morgan fingerprint density at radius 3 is 2.74 bits per heavy atom. The fourth-order valence-corrected chi connectivity index (χ4v) is 2.48. The van der Waals surface area contributed by atoms with Crippen molar-refractivity contribution in [2.45, 2.75) is 39.8 Å². The maximum Gasteiger partial charge on any atom is 0.192 e. The minimum absolute atomic E-state index is 0.102. The molecule has 0 radical (unpaired) electrons. The molecule has 0 saturated heterocycles. The van der Waals surface area contributed by atoms with Gasteiger partial charge < -0.3 is 19.9 Å². The van der Waals surface area contributed by atoms with Crippen LogP contribution in [-0.4, -0.2) is 41.0 Å². The summed E-state index contributed by atoms with van der Waals surface area (Å²) < 4.78 is 20.9. The van der Waals surface area contributed by atoms with Crippen LogP contribution in [0.5, 0.6) is 0 Å². The SMILES string of the molecule is COCCCNC(=NCc1nnc(C)n1C)NC(C)c1ccc(C)c(F)c1. The summed E-state index contributed by atoms with van der Waals surface area (Å²) in [4.78, 5) is 4.61. The molecule has 0 aliphatic heterocycles. The van der Waals surface area contributed by atoms with Crippen LogP contribution in [0.15, 0.2) is 23.2 Å². The fourth-order valence-electron chi connectivity index (χ4n) is 2.48. The number of halogens is 1. The van der Waals surface area contributed by atoms with Crippen LogP contribution >= 0.6 is 0 Å². The number of aryl methyl sites for hydroxylation is 2. The molecule has 0 spiro atoms. The van der Waals surface area contributed by atoms with Crippen molar-refractivity contribution < 1.29 is 9.13 Å². The minimum Gasteiger partial charge on any atom is -0.385 e. The molecular formula is C19H29FN6O. The lowest BCUT2D eigenvalue weighted by molar-refractivity contribution is 0.195. The maximum atomic E-state index is 13.9. The third-order valence-electron chi connectivity index (χ3n) is 4.43. The number of rotatable bonds is 8. The molecule has 8 heteroatoms. The van der Waals surface area contributed by atoms with Gasteiger partial charge in [0.25, 0.3) is 0 Å². The van der Waals surface area contributed by atoms with E-state index in [9.17, 15) is 4.39 Å². The quantitative estimate of drug-likeness (QED) is 0.420. The molecule has 1 aromatic carbocycles. The Morgan fingerprint density at radius 1 is 1.33 bits per heavy atom. The second kappa shape index (κ2) is 10.0. The topological polar surface area (TPSA) is 76.4 Å². The van der Waals surface area contributed by atoms with Crippen LogP contribution in [0.3, 0.4) is 0 Å². The Morgan fingerprint density at radius 2 is 2.11 bits per heavy atom. The monoisotopic (exact) mass is 376 g/mol. The number of nitrogens with one attached hydrogen (secondary N) is 2. The summed E-state index contributed by atoms with van der Waals surface area (Å²) in [5.74, 6) is 2.05. The number of guanidine groups is 1. The van der Waals surface area contributed by atoms with Crippen LogP contribution in [0.4, 0.5) is 4.39 Å². The number of hydrogen-bond acceptors (Lipinski definition) is 4. The highest BCUT2D eigenvalue weighted by Gasteiger charge is 2.11. The third-order valence-corrected chi connectivity index (χ3v) is 4.43. The average Bonchev–Trinajstić information content (AvgIpc) is 2.97. The molecule has 2 aromatic rings. The minimum atomic E-state index is -0.206. The van der Waals surface area contributed by atoms with Crippen molar-refractivity contribution in [2.75, 3.05) is 20.3 Å². The van der Waals surface area contributed by atoms with E-state index in [1.165, 1.54) is 0 Å². The molecule has 1 unspecified atom stereocenters. The highest BCUT2D eigenvalue weighted by molar-refractivity contribution is 5.80. The van der Waals surface area contributed by atoms with Crippen LogP contribution in [-0.2, 0) is 18.3 Å². The second-order valence-corrected chi connectivity index (χ2v) is 6.54. The smallest absolute Gasteiger partial charge is 0.192 e. The standard InChI is InChI=1S/C19H29FN6O/c1-13-7-8-16(11-17(13)20)14(2)23-19(21-9-6-10-27-5)22-12-18-25-24-15(3)26(18)4/h7-8,11,14H,6,9-10,12H2,1-5H3,(H2,21,22,23). The summed E-state index contributed by atoms with van der Waals surface area (Å²) in [6, 6.07) is 5.16. The highest BCUT2D eigenvalue weighted by Crippen LogP contribution is 2.16. The van der Waals surface area contributed by atoms with Gasteiger partial charge in [0.1, 0.15) is 18.2 Å². The summed E-state index contributed by atoms with van der Waals surface area (Å²) in [5, 5.41) is 14.8. The number of aromatic nitrogens is 3. The predicted molar refractivity (Wildman–Crippen MR) is 104 cm³/mol. The lowest BCUT2D eigenvalue weighted by Crippen LogP contribution is -2.39. The molecular weight excluding hydrogens is 347 g/mol. The number of nitrogens with zero attached hydrogens (tertiary/aromatic N) is 4. The van der Waals surface area contributed by atoms with E-state index in [2.05, 4.69) is 25.8 Å². The third kappa shape index (κ3) is 6.02. The predicted octanol–water partition coefficient (Wildman–Crippen LogP) is 2.40. The van der Waals surface area contributed by atoms with Gasteiger partial charge in [-0.05, 0) is 44.4 Å². The zero-order chi connectivity index (χ0) is 19.8. The van der Waals surface area contributed by atoms with Crippen LogP contribution in [0.1, 0.15) is 42.2 Å². The Bertz CT molecular complexity index is 774. The van der Waals surface area contributed by atoms with Crippen molar-refractivity contribution in [3.05, 3.63) is 46.8 Å². The second-order valence-electron chi connectivity index (χ2n) is 6.54. The number of ether oxygens (including phenoxy) is 1.